The van der Waals surface area contributed by atoms with Crippen molar-refractivity contribution in [3.63, 3.8) is 0 Å². The van der Waals surface area contributed by atoms with Crippen molar-refractivity contribution in [2.24, 2.45) is 0 Å². The zero-order chi connectivity index (χ0) is 13.7. The highest BCUT2D eigenvalue weighted by Crippen LogP contribution is 2.47. The lowest BCUT2D eigenvalue weighted by Crippen LogP contribution is -2.32. The van der Waals surface area contributed by atoms with Crippen molar-refractivity contribution in [3.05, 3.63) is 36.3 Å². The molecule has 1 saturated carbocycles. The van der Waals surface area contributed by atoms with Crippen LogP contribution >= 0.6 is 0 Å². The van der Waals surface area contributed by atoms with Gasteiger partial charge in [-0.3, -0.25) is 4.79 Å². The summed E-state index contributed by atoms with van der Waals surface area (Å²) in [5.74, 6) is -0.763. The molecule has 0 atom stereocenters. The third kappa shape index (κ3) is 1.33. The zero-order valence-corrected chi connectivity index (χ0v) is 10.9. The summed E-state index contributed by atoms with van der Waals surface area (Å²) in [6, 6.07) is 5.60. The van der Waals surface area contributed by atoms with Gasteiger partial charge in [-0.25, -0.2) is 0 Å². The maximum absolute atomic E-state index is 12.0. The Morgan fingerprint density at radius 3 is 2.65 bits per heavy atom. The first-order chi connectivity index (χ1) is 9.72. The molecule has 0 spiro atoms. The molecule has 4 rings (SSSR count). The van der Waals surface area contributed by atoms with E-state index in [0.29, 0.717) is 18.4 Å². The number of furan rings is 2. The van der Waals surface area contributed by atoms with Gasteiger partial charge in [-0.15, -0.1) is 0 Å². The molecule has 1 N–H and O–H groups in total. The Labute approximate surface area is 115 Å². The SMILES string of the molecule is O=C(O)C1(c2c3ccoc3cc3ccoc23)CCCC1. The van der Waals surface area contributed by atoms with Crippen molar-refractivity contribution in [2.75, 3.05) is 0 Å². The number of carboxylic acids is 1. The van der Waals surface area contributed by atoms with Crippen molar-refractivity contribution >= 4 is 27.9 Å². The number of hydrogen-bond acceptors (Lipinski definition) is 3. The molecule has 1 fully saturated rings. The molecule has 4 nitrogen and oxygen atoms in total. The quantitative estimate of drug-likeness (QED) is 0.762. The molecule has 4 heteroatoms. The predicted molar refractivity (Wildman–Crippen MR) is 73.8 cm³/mol. The molecular weight excluding hydrogens is 256 g/mol. The van der Waals surface area contributed by atoms with Crippen molar-refractivity contribution < 1.29 is 18.7 Å². The lowest BCUT2D eigenvalue weighted by molar-refractivity contribution is -0.143. The number of fused-ring (bicyclic) bond motifs is 2. The van der Waals surface area contributed by atoms with Crippen LogP contribution in [-0.2, 0) is 10.2 Å². The third-order valence-electron chi connectivity index (χ3n) is 4.52. The minimum atomic E-state index is -0.848. The maximum Gasteiger partial charge on any atom is 0.314 e. The van der Waals surface area contributed by atoms with Gasteiger partial charge in [0.1, 0.15) is 11.2 Å². The molecule has 1 aliphatic carbocycles. The molecule has 102 valence electrons. The molecule has 2 aromatic heterocycles. The second-order valence-corrected chi connectivity index (χ2v) is 5.52. The maximum atomic E-state index is 12.0. The van der Waals surface area contributed by atoms with E-state index in [4.69, 9.17) is 8.83 Å². The molecule has 2 heterocycles. The van der Waals surface area contributed by atoms with E-state index in [2.05, 4.69) is 0 Å². The first-order valence-corrected chi connectivity index (χ1v) is 6.84. The summed E-state index contributed by atoms with van der Waals surface area (Å²) in [7, 11) is 0. The van der Waals surface area contributed by atoms with E-state index in [1.165, 1.54) is 0 Å². The lowest BCUT2D eigenvalue weighted by Gasteiger charge is -2.25. The molecule has 20 heavy (non-hydrogen) atoms. The lowest BCUT2D eigenvalue weighted by atomic mass is 9.77. The average molecular weight is 270 g/mol. The first kappa shape index (κ1) is 11.6. The van der Waals surface area contributed by atoms with Gasteiger partial charge in [0, 0.05) is 16.3 Å². The fourth-order valence-corrected chi connectivity index (χ4v) is 3.56. The molecular formula is C16H14O4. The van der Waals surface area contributed by atoms with Gasteiger partial charge in [0.15, 0.2) is 0 Å². The number of rotatable bonds is 2. The Morgan fingerprint density at radius 2 is 1.90 bits per heavy atom. The molecule has 0 bridgehead atoms. The summed E-state index contributed by atoms with van der Waals surface area (Å²) in [5.41, 5.74) is 1.35. The number of aliphatic carboxylic acids is 1. The van der Waals surface area contributed by atoms with Crippen molar-refractivity contribution in [2.45, 2.75) is 31.1 Å². The van der Waals surface area contributed by atoms with Crippen LogP contribution in [0.1, 0.15) is 31.2 Å². The van der Waals surface area contributed by atoms with Gasteiger partial charge in [-0.2, -0.15) is 0 Å². The van der Waals surface area contributed by atoms with Crippen molar-refractivity contribution in [1.82, 2.24) is 0 Å². The van der Waals surface area contributed by atoms with Crippen LogP contribution < -0.4 is 0 Å². The molecule has 0 aliphatic heterocycles. The standard InChI is InChI=1S/C16H14O4/c17-15(18)16(5-1-2-6-16)13-11-4-8-19-12(11)9-10-3-7-20-14(10)13/h3-4,7-9H,1-2,5-6H2,(H,17,18). The van der Waals surface area contributed by atoms with Gasteiger partial charge in [-0.1, -0.05) is 12.8 Å². The van der Waals surface area contributed by atoms with E-state index < -0.39 is 11.4 Å². The second-order valence-electron chi connectivity index (χ2n) is 5.52. The summed E-state index contributed by atoms with van der Waals surface area (Å²) in [6.45, 7) is 0. The molecule has 0 unspecified atom stereocenters. The van der Waals surface area contributed by atoms with E-state index in [0.717, 1.165) is 34.8 Å². The van der Waals surface area contributed by atoms with Crippen LogP contribution in [0.25, 0.3) is 21.9 Å². The van der Waals surface area contributed by atoms with Crippen molar-refractivity contribution in [3.8, 4) is 0 Å². The molecule has 1 aromatic carbocycles. The van der Waals surface area contributed by atoms with Crippen LogP contribution in [0.15, 0.2) is 39.6 Å². The average Bonchev–Trinajstić information content (AvgIpc) is 3.15. The van der Waals surface area contributed by atoms with Gasteiger partial charge >= 0.3 is 5.97 Å². The van der Waals surface area contributed by atoms with Crippen LogP contribution in [-0.4, -0.2) is 11.1 Å². The van der Waals surface area contributed by atoms with Crippen LogP contribution in [0.2, 0.25) is 0 Å². The minimum Gasteiger partial charge on any atom is -0.481 e. The molecule has 0 radical (unpaired) electrons. The van der Waals surface area contributed by atoms with E-state index in [-0.39, 0.29) is 0 Å². The van der Waals surface area contributed by atoms with Crippen LogP contribution in [0.4, 0.5) is 0 Å². The fraction of sp³-hybridized carbons (Fsp3) is 0.312. The van der Waals surface area contributed by atoms with E-state index in [1.807, 2.05) is 18.2 Å². The smallest absolute Gasteiger partial charge is 0.314 e. The number of hydrogen-bond donors (Lipinski definition) is 1. The summed E-state index contributed by atoms with van der Waals surface area (Å²) >= 11 is 0. The van der Waals surface area contributed by atoms with Crippen molar-refractivity contribution in [1.29, 1.82) is 0 Å². The highest BCUT2D eigenvalue weighted by molar-refractivity contribution is 6.03. The zero-order valence-electron chi connectivity index (χ0n) is 10.9. The van der Waals surface area contributed by atoms with E-state index in [1.54, 1.807) is 12.5 Å². The first-order valence-electron chi connectivity index (χ1n) is 6.84. The van der Waals surface area contributed by atoms with Crippen LogP contribution in [0.3, 0.4) is 0 Å². The predicted octanol–water partition coefficient (Wildman–Crippen LogP) is 4.08. The molecule has 3 aromatic rings. The summed E-state index contributed by atoms with van der Waals surface area (Å²) in [5, 5.41) is 11.6. The van der Waals surface area contributed by atoms with Gasteiger partial charge in [0.25, 0.3) is 0 Å². The summed E-state index contributed by atoms with van der Waals surface area (Å²) < 4.78 is 11.1. The topological polar surface area (TPSA) is 63.6 Å². The Balaban J connectivity index is 2.16. The van der Waals surface area contributed by atoms with Gasteiger partial charge < -0.3 is 13.9 Å². The number of benzene rings is 1. The fourth-order valence-electron chi connectivity index (χ4n) is 3.56. The molecule has 1 aliphatic rings. The highest BCUT2D eigenvalue weighted by atomic mass is 16.4. The van der Waals surface area contributed by atoms with E-state index >= 15 is 0 Å². The Morgan fingerprint density at radius 1 is 1.15 bits per heavy atom. The highest BCUT2D eigenvalue weighted by Gasteiger charge is 2.46. The minimum absolute atomic E-state index is 0.655. The summed E-state index contributed by atoms with van der Waals surface area (Å²) in [4.78, 5) is 12.0. The molecule has 0 saturated heterocycles. The number of carboxylic acid groups (broad SMARTS) is 1. The normalized spacial score (nSPS) is 18.0. The summed E-state index contributed by atoms with van der Waals surface area (Å²) in [6.07, 6.45) is 6.39. The third-order valence-corrected chi connectivity index (χ3v) is 4.52. The van der Waals surface area contributed by atoms with E-state index in [9.17, 15) is 9.90 Å². The Bertz CT molecular complexity index is 753. The molecule has 0 amide bonds. The Hall–Kier alpha value is -2.23. The van der Waals surface area contributed by atoms with Crippen LogP contribution in [0, 0.1) is 0 Å². The van der Waals surface area contributed by atoms with Gasteiger partial charge in [0.2, 0.25) is 0 Å². The van der Waals surface area contributed by atoms with Gasteiger partial charge in [-0.05, 0) is 31.0 Å². The largest absolute Gasteiger partial charge is 0.481 e. The van der Waals surface area contributed by atoms with Gasteiger partial charge in [0.05, 0.1) is 17.9 Å². The second kappa shape index (κ2) is 3.88. The van der Waals surface area contributed by atoms with Crippen LogP contribution in [0.5, 0.6) is 0 Å². The Kier molecular flexibility index (Phi) is 2.25. The monoisotopic (exact) mass is 270 g/mol. The number of carbonyl (C=O) groups is 1.